The summed E-state index contributed by atoms with van der Waals surface area (Å²) in [6.45, 7) is 3.71. The Bertz CT molecular complexity index is 2790. The monoisotopic (exact) mass is 905 g/mol. The predicted octanol–water partition coefficient (Wildman–Crippen LogP) is 4.40. The van der Waals surface area contributed by atoms with Crippen LogP contribution in [0.4, 0.5) is 10.5 Å². The number of imide groups is 1. The summed E-state index contributed by atoms with van der Waals surface area (Å²) in [5, 5.41) is 10.4. The number of rotatable bonds is 19. The molecule has 66 heavy (non-hydrogen) atoms. The Morgan fingerprint density at radius 2 is 1.50 bits per heavy atom. The fraction of sp³-hybridized carbons (Fsp3) is 0.362. The summed E-state index contributed by atoms with van der Waals surface area (Å²) in [5.41, 5.74) is 1.97. The minimum Gasteiger partial charge on any atom is -0.493 e. The Kier molecular flexibility index (Phi) is 14.3. The van der Waals surface area contributed by atoms with E-state index < -0.39 is 23.9 Å². The maximum atomic E-state index is 14.3. The second-order valence-corrected chi connectivity index (χ2v) is 16.2. The Balaban J connectivity index is 0.900. The number of hydrogen-bond acceptors (Lipinski definition) is 13. The number of nitrogens with zero attached hydrogens (tertiary/aromatic N) is 4. The molecular weight excluding hydrogens is 855 g/mol. The van der Waals surface area contributed by atoms with E-state index in [1.165, 1.54) is 31.3 Å². The van der Waals surface area contributed by atoms with Crippen LogP contribution in [0.3, 0.4) is 0 Å². The van der Waals surface area contributed by atoms with Crippen molar-refractivity contribution in [2.24, 2.45) is 5.92 Å². The molecule has 346 valence electrons. The number of ether oxygens (including phenoxy) is 5. The lowest BCUT2D eigenvalue weighted by atomic mass is 10.0. The molecule has 0 saturated heterocycles. The molecule has 0 fully saturated rings. The molecule has 2 aromatic heterocycles. The Hall–Kier alpha value is -7.70. The van der Waals surface area contributed by atoms with Gasteiger partial charge in [-0.15, -0.1) is 0 Å². The van der Waals surface area contributed by atoms with Crippen LogP contribution >= 0.6 is 0 Å². The average Bonchev–Trinajstić information content (AvgIpc) is 3.91. The smallest absolute Gasteiger partial charge is 0.409 e. The molecule has 0 radical (unpaired) electrons. The van der Waals surface area contributed by atoms with Crippen molar-refractivity contribution in [3.8, 4) is 23.0 Å². The summed E-state index contributed by atoms with van der Waals surface area (Å²) in [7, 11) is 4.59. The number of benzene rings is 3. The van der Waals surface area contributed by atoms with Crippen LogP contribution < -0.4 is 40.5 Å². The fourth-order valence-corrected chi connectivity index (χ4v) is 7.72. The van der Waals surface area contributed by atoms with E-state index in [-0.39, 0.29) is 75.2 Å². The van der Waals surface area contributed by atoms with E-state index in [2.05, 4.69) is 20.9 Å². The molecule has 1 unspecified atom stereocenters. The van der Waals surface area contributed by atoms with Crippen molar-refractivity contribution in [3.63, 3.8) is 0 Å². The van der Waals surface area contributed by atoms with E-state index >= 15 is 0 Å². The summed E-state index contributed by atoms with van der Waals surface area (Å²) in [6.07, 6.45) is 5.38. The molecule has 2 aliphatic rings. The lowest BCUT2D eigenvalue weighted by molar-refractivity contribution is -0.137. The third kappa shape index (κ3) is 10.3. The number of hydrogen-bond donors (Lipinski definition) is 3. The highest BCUT2D eigenvalue weighted by Crippen LogP contribution is 2.40. The molecule has 3 aromatic carbocycles. The van der Waals surface area contributed by atoms with Gasteiger partial charge in [-0.05, 0) is 54.7 Å². The lowest BCUT2D eigenvalue weighted by Crippen LogP contribution is -2.51. The van der Waals surface area contributed by atoms with Crippen LogP contribution in [-0.2, 0) is 41.9 Å². The van der Waals surface area contributed by atoms with E-state index in [1.54, 1.807) is 80.2 Å². The molecule has 0 bridgehead atoms. The molecule has 0 spiro atoms. The van der Waals surface area contributed by atoms with Crippen molar-refractivity contribution >= 4 is 73.9 Å². The number of fused-ring (bicyclic) bond motifs is 6. The Labute approximate surface area is 378 Å². The number of carbonyl (C=O) groups is 6. The van der Waals surface area contributed by atoms with Gasteiger partial charge in [0.2, 0.25) is 24.5 Å². The predicted molar refractivity (Wildman–Crippen MR) is 242 cm³/mol. The van der Waals surface area contributed by atoms with Gasteiger partial charge in [0.15, 0.2) is 23.0 Å². The molecule has 7 rings (SSSR count). The minimum atomic E-state index is -0.863. The minimum absolute atomic E-state index is 0.0651. The van der Waals surface area contributed by atoms with Gasteiger partial charge in [-0.25, -0.2) is 4.79 Å². The molecule has 4 heterocycles. The maximum absolute atomic E-state index is 14.3. The highest BCUT2D eigenvalue weighted by Gasteiger charge is 2.26. The first-order valence-electron chi connectivity index (χ1n) is 21.4. The zero-order valence-corrected chi connectivity index (χ0v) is 37.3. The summed E-state index contributed by atoms with van der Waals surface area (Å²) in [6, 6.07) is 12.7. The zero-order chi connectivity index (χ0) is 47.1. The number of amides is 6. The normalized spacial score (nSPS) is 13.4. The van der Waals surface area contributed by atoms with Gasteiger partial charge in [-0.3, -0.25) is 38.7 Å². The van der Waals surface area contributed by atoms with Crippen LogP contribution in [0.1, 0.15) is 45.1 Å². The van der Waals surface area contributed by atoms with Crippen molar-refractivity contribution in [1.29, 1.82) is 0 Å². The number of pyridine rings is 2. The van der Waals surface area contributed by atoms with Crippen molar-refractivity contribution < 1.29 is 52.5 Å². The molecule has 19 nitrogen and oxygen atoms in total. The van der Waals surface area contributed by atoms with E-state index in [9.17, 15) is 33.6 Å². The summed E-state index contributed by atoms with van der Waals surface area (Å²) in [5.74, 6) is -0.344. The van der Waals surface area contributed by atoms with Crippen LogP contribution in [0.2, 0.25) is 0 Å². The quantitative estimate of drug-likeness (QED) is 0.0594. The van der Waals surface area contributed by atoms with Gasteiger partial charge < -0.3 is 49.1 Å². The molecule has 0 aliphatic carbocycles. The van der Waals surface area contributed by atoms with E-state index in [1.807, 2.05) is 0 Å². The van der Waals surface area contributed by atoms with Gasteiger partial charge in [-0.1, -0.05) is 32.4 Å². The van der Waals surface area contributed by atoms with Crippen molar-refractivity contribution in [3.05, 3.63) is 82.8 Å². The number of likely N-dealkylation sites (N-methyl/N-ethyl adjacent to an activating group) is 1. The van der Waals surface area contributed by atoms with Crippen LogP contribution in [0, 0.1) is 5.92 Å². The number of carbonyl (C=O) groups excluding carboxylic acids is 6. The number of aromatic nitrogens is 2. The summed E-state index contributed by atoms with van der Waals surface area (Å²) >= 11 is 0. The molecular formula is C47H51N7O12. The number of nitrogens with one attached hydrogen (secondary N) is 3. The second kappa shape index (κ2) is 20.4. The van der Waals surface area contributed by atoms with Crippen LogP contribution in [-0.4, -0.2) is 109 Å². The van der Waals surface area contributed by atoms with Crippen LogP contribution in [0.5, 0.6) is 23.0 Å². The first-order chi connectivity index (χ1) is 31.8. The van der Waals surface area contributed by atoms with Gasteiger partial charge in [0.05, 0.1) is 37.2 Å². The van der Waals surface area contributed by atoms with Gasteiger partial charge >= 0.3 is 6.09 Å². The number of unbranched alkanes of at least 4 members (excludes halogenated alkanes) is 2. The van der Waals surface area contributed by atoms with Gasteiger partial charge in [-0.2, -0.15) is 0 Å². The van der Waals surface area contributed by atoms with Gasteiger partial charge in [0.25, 0.3) is 17.4 Å². The van der Waals surface area contributed by atoms with Crippen molar-refractivity contribution in [2.75, 3.05) is 53.0 Å². The molecule has 1 atom stereocenters. The standard InChI is InChI=1S/C47H51N7O12/c1-27(2)43(51-39(55)9-7-6-8-16-53-41(57)14-15-42(53)58)45(59)49-24-40(56)50-29-12-10-28(11-13-29)25-64-47(61)52(3)17-18-54-44-32-21-37-38(66-26-65-37)22-34(32)48-23-33(44)30-19-35(62-4)36(63-5)20-31(30)46(54)60/h10-15,19-23,27,43H,6-9,16-18,24-26H2,1-5H3,(H,49,59)(H,50,56)(H,51,55). The van der Waals surface area contributed by atoms with Gasteiger partial charge in [0, 0.05) is 79.4 Å². The molecule has 3 N–H and O–H groups in total. The van der Waals surface area contributed by atoms with Crippen molar-refractivity contribution in [2.45, 2.75) is 58.7 Å². The third-order valence-corrected chi connectivity index (χ3v) is 11.3. The molecule has 19 heteroatoms. The SMILES string of the molecule is COc1cc2c(=O)n(CCN(C)C(=O)OCc3ccc(NC(=O)CNC(=O)C(NC(=O)CCCCCN4C(=O)C=CC4=O)C(C)C)cc3)c3c4cc5c(cc4ncc3c2cc1OC)OCO5. The number of anilines is 1. The lowest BCUT2D eigenvalue weighted by Gasteiger charge is -2.21. The first-order valence-corrected chi connectivity index (χ1v) is 21.4. The fourth-order valence-electron chi connectivity index (χ4n) is 7.72. The average molecular weight is 906 g/mol. The van der Waals surface area contributed by atoms with E-state index in [0.717, 1.165) is 4.90 Å². The Morgan fingerprint density at radius 3 is 2.18 bits per heavy atom. The highest BCUT2D eigenvalue weighted by molar-refractivity contribution is 6.15. The van der Waals surface area contributed by atoms with E-state index in [0.29, 0.717) is 86.1 Å². The largest absolute Gasteiger partial charge is 0.493 e. The zero-order valence-electron chi connectivity index (χ0n) is 37.3. The first kappa shape index (κ1) is 46.3. The molecule has 5 aromatic rings. The topological polar surface area (TPSA) is 226 Å². The van der Waals surface area contributed by atoms with Crippen LogP contribution in [0.25, 0.3) is 32.6 Å². The molecule has 6 amide bonds. The summed E-state index contributed by atoms with van der Waals surface area (Å²) in [4.78, 5) is 96.4. The molecule has 2 aliphatic heterocycles. The number of methoxy groups -OCH3 is 2. The molecule has 0 saturated carbocycles. The van der Waals surface area contributed by atoms with Crippen molar-refractivity contribution in [1.82, 2.24) is 30.0 Å². The van der Waals surface area contributed by atoms with Crippen LogP contribution in [0.15, 0.2) is 71.7 Å². The second-order valence-electron chi connectivity index (χ2n) is 16.2. The Morgan fingerprint density at radius 1 is 0.818 bits per heavy atom. The van der Waals surface area contributed by atoms with E-state index in [4.69, 9.17) is 23.7 Å². The maximum Gasteiger partial charge on any atom is 0.409 e. The summed E-state index contributed by atoms with van der Waals surface area (Å²) < 4.78 is 29.5. The highest BCUT2D eigenvalue weighted by atomic mass is 16.7. The third-order valence-electron chi connectivity index (χ3n) is 11.3. The van der Waals surface area contributed by atoms with Gasteiger partial charge in [0.1, 0.15) is 12.6 Å².